The minimum absolute atomic E-state index is 0.113. The van der Waals surface area contributed by atoms with E-state index >= 15 is 0 Å². The number of aryl methyl sites for hydroxylation is 1. The van der Waals surface area contributed by atoms with Crippen molar-refractivity contribution < 1.29 is 19.0 Å². The van der Waals surface area contributed by atoms with Gasteiger partial charge in [0.05, 0.1) is 13.3 Å². The summed E-state index contributed by atoms with van der Waals surface area (Å²) >= 11 is 0. The Hall–Kier alpha value is -3.80. The van der Waals surface area contributed by atoms with E-state index in [0.717, 1.165) is 17.5 Å². The molecule has 31 heavy (non-hydrogen) atoms. The van der Waals surface area contributed by atoms with Crippen molar-refractivity contribution in [2.75, 3.05) is 13.7 Å². The molecule has 0 saturated heterocycles. The molecular formula is C25H26N2O4. The predicted molar refractivity (Wildman–Crippen MR) is 121 cm³/mol. The molecule has 6 heteroatoms. The number of rotatable bonds is 10. The number of hydrogen-bond acceptors (Lipinski definition) is 5. The minimum Gasteiger partial charge on any atom is -0.493 e. The third kappa shape index (κ3) is 6.89. The molecule has 3 aromatic carbocycles. The highest BCUT2D eigenvalue weighted by Crippen LogP contribution is 2.28. The molecule has 0 saturated carbocycles. The SMILES string of the molecule is CCc1ccc(OCC(=O)NN=Cc2ccc(OCc3ccccc3)c(OC)c2)cc1. The van der Waals surface area contributed by atoms with Crippen LogP contribution in [0.5, 0.6) is 17.2 Å². The first-order valence-corrected chi connectivity index (χ1v) is 10.1. The summed E-state index contributed by atoms with van der Waals surface area (Å²) in [4.78, 5) is 11.9. The second kappa shape index (κ2) is 11.4. The lowest BCUT2D eigenvalue weighted by atomic mass is 10.2. The van der Waals surface area contributed by atoms with Crippen molar-refractivity contribution in [3.63, 3.8) is 0 Å². The van der Waals surface area contributed by atoms with E-state index in [1.165, 1.54) is 11.8 Å². The number of amides is 1. The van der Waals surface area contributed by atoms with Gasteiger partial charge in [-0.1, -0.05) is 49.4 Å². The Kier molecular flexibility index (Phi) is 8.05. The van der Waals surface area contributed by atoms with E-state index in [-0.39, 0.29) is 12.5 Å². The van der Waals surface area contributed by atoms with Crippen molar-refractivity contribution in [3.05, 3.63) is 89.5 Å². The van der Waals surface area contributed by atoms with Crippen LogP contribution in [-0.2, 0) is 17.8 Å². The van der Waals surface area contributed by atoms with E-state index < -0.39 is 0 Å². The molecule has 0 heterocycles. The molecule has 160 valence electrons. The van der Waals surface area contributed by atoms with E-state index in [4.69, 9.17) is 14.2 Å². The smallest absolute Gasteiger partial charge is 0.277 e. The number of carbonyl (C=O) groups excluding carboxylic acids is 1. The average molecular weight is 418 g/mol. The molecule has 0 unspecified atom stereocenters. The zero-order valence-electron chi connectivity index (χ0n) is 17.7. The molecule has 6 nitrogen and oxygen atoms in total. The normalized spacial score (nSPS) is 10.6. The first kappa shape index (κ1) is 21.9. The van der Waals surface area contributed by atoms with Crippen molar-refractivity contribution in [3.8, 4) is 17.2 Å². The van der Waals surface area contributed by atoms with Gasteiger partial charge in [-0.15, -0.1) is 0 Å². The summed E-state index contributed by atoms with van der Waals surface area (Å²) in [6, 6.07) is 23.0. The van der Waals surface area contributed by atoms with Crippen molar-refractivity contribution in [1.82, 2.24) is 5.43 Å². The monoisotopic (exact) mass is 418 g/mol. The Balaban J connectivity index is 1.49. The van der Waals surface area contributed by atoms with Gasteiger partial charge in [-0.2, -0.15) is 5.10 Å². The number of benzene rings is 3. The van der Waals surface area contributed by atoms with Crippen LogP contribution in [0.1, 0.15) is 23.6 Å². The van der Waals surface area contributed by atoms with Crippen LogP contribution < -0.4 is 19.6 Å². The quantitative estimate of drug-likeness (QED) is 0.392. The van der Waals surface area contributed by atoms with Gasteiger partial charge < -0.3 is 14.2 Å². The summed E-state index contributed by atoms with van der Waals surface area (Å²) in [5.74, 6) is 1.53. The second-order valence-corrected chi connectivity index (χ2v) is 6.76. The van der Waals surface area contributed by atoms with E-state index in [1.807, 2.05) is 66.7 Å². The van der Waals surface area contributed by atoms with Crippen LogP contribution in [0.4, 0.5) is 0 Å². The predicted octanol–water partition coefficient (Wildman–Crippen LogP) is 4.37. The van der Waals surface area contributed by atoms with Crippen LogP contribution in [-0.4, -0.2) is 25.8 Å². The number of nitrogens with zero attached hydrogens (tertiary/aromatic N) is 1. The number of hydrogen-bond donors (Lipinski definition) is 1. The Bertz CT molecular complexity index is 1000. The minimum atomic E-state index is -0.342. The summed E-state index contributed by atoms with van der Waals surface area (Å²) in [6.07, 6.45) is 2.50. The Labute approximate surface area is 182 Å². The van der Waals surface area contributed by atoms with Gasteiger partial charge in [0.25, 0.3) is 5.91 Å². The maximum absolute atomic E-state index is 11.9. The van der Waals surface area contributed by atoms with Crippen LogP contribution in [0.15, 0.2) is 77.9 Å². The van der Waals surface area contributed by atoms with Crippen molar-refractivity contribution in [1.29, 1.82) is 0 Å². The van der Waals surface area contributed by atoms with Gasteiger partial charge in [0.15, 0.2) is 18.1 Å². The Morgan fingerprint density at radius 1 is 0.935 bits per heavy atom. The van der Waals surface area contributed by atoms with Crippen LogP contribution in [0.25, 0.3) is 0 Å². The second-order valence-electron chi connectivity index (χ2n) is 6.76. The van der Waals surface area contributed by atoms with Crippen LogP contribution >= 0.6 is 0 Å². The summed E-state index contributed by atoms with van der Waals surface area (Å²) in [5, 5.41) is 3.98. The van der Waals surface area contributed by atoms with Crippen LogP contribution in [0.2, 0.25) is 0 Å². The van der Waals surface area contributed by atoms with Gasteiger partial charge in [0.2, 0.25) is 0 Å². The van der Waals surface area contributed by atoms with Crippen molar-refractivity contribution >= 4 is 12.1 Å². The molecule has 1 N–H and O–H groups in total. The van der Waals surface area contributed by atoms with Crippen molar-refractivity contribution in [2.24, 2.45) is 5.10 Å². The lowest BCUT2D eigenvalue weighted by Crippen LogP contribution is -2.24. The lowest BCUT2D eigenvalue weighted by Gasteiger charge is -2.11. The topological polar surface area (TPSA) is 69.2 Å². The van der Waals surface area contributed by atoms with Gasteiger partial charge >= 0.3 is 0 Å². The standard InChI is InChI=1S/C25H26N2O4/c1-3-19-9-12-22(13-10-19)30-18-25(28)27-26-16-21-11-14-23(24(15-21)29-2)31-17-20-7-5-4-6-8-20/h4-16H,3,17-18H2,1-2H3,(H,27,28). The summed E-state index contributed by atoms with van der Waals surface area (Å²) in [7, 11) is 1.58. The number of ether oxygens (including phenoxy) is 3. The molecule has 0 radical (unpaired) electrons. The molecule has 0 bridgehead atoms. The van der Waals surface area contributed by atoms with Crippen LogP contribution in [0, 0.1) is 0 Å². The third-order valence-electron chi connectivity index (χ3n) is 4.53. The molecule has 0 spiro atoms. The Morgan fingerprint density at radius 3 is 2.42 bits per heavy atom. The van der Waals surface area contributed by atoms with E-state index in [2.05, 4.69) is 17.5 Å². The maximum Gasteiger partial charge on any atom is 0.277 e. The molecule has 0 atom stereocenters. The van der Waals surface area contributed by atoms with Gasteiger partial charge in [-0.25, -0.2) is 5.43 Å². The number of methoxy groups -OCH3 is 1. The van der Waals surface area contributed by atoms with E-state index in [0.29, 0.717) is 23.9 Å². The largest absolute Gasteiger partial charge is 0.493 e. The summed E-state index contributed by atoms with van der Waals surface area (Å²) < 4.78 is 16.7. The molecule has 0 aliphatic rings. The van der Waals surface area contributed by atoms with Gasteiger partial charge in [0.1, 0.15) is 12.4 Å². The number of carbonyl (C=O) groups is 1. The highest BCUT2D eigenvalue weighted by Gasteiger charge is 2.06. The van der Waals surface area contributed by atoms with Crippen molar-refractivity contribution in [2.45, 2.75) is 20.0 Å². The van der Waals surface area contributed by atoms with E-state index in [1.54, 1.807) is 13.2 Å². The highest BCUT2D eigenvalue weighted by atomic mass is 16.5. The fraction of sp³-hybridized carbons (Fsp3) is 0.200. The average Bonchev–Trinajstić information content (AvgIpc) is 2.82. The molecule has 3 rings (SSSR count). The van der Waals surface area contributed by atoms with E-state index in [9.17, 15) is 4.79 Å². The van der Waals surface area contributed by atoms with Crippen LogP contribution in [0.3, 0.4) is 0 Å². The van der Waals surface area contributed by atoms with Gasteiger partial charge in [-0.3, -0.25) is 4.79 Å². The third-order valence-corrected chi connectivity index (χ3v) is 4.53. The summed E-state index contributed by atoms with van der Waals surface area (Å²) in [5.41, 5.74) is 5.51. The molecular weight excluding hydrogens is 392 g/mol. The molecule has 1 amide bonds. The van der Waals surface area contributed by atoms with Gasteiger partial charge in [0, 0.05) is 0 Å². The van der Waals surface area contributed by atoms with Gasteiger partial charge in [-0.05, 0) is 53.4 Å². The number of hydrazone groups is 1. The zero-order valence-corrected chi connectivity index (χ0v) is 17.7. The zero-order chi connectivity index (χ0) is 21.9. The fourth-order valence-corrected chi connectivity index (χ4v) is 2.80. The first-order valence-electron chi connectivity index (χ1n) is 10.1. The number of nitrogens with one attached hydrogen (secondary N) is 1. The summed E-state index contributed by atoms with van der Waals surface area (Å²) in [6.45, 7) is 2.42. The first-order chi connectivity index (χ1) is 15.2. The molecule has 0 aliphatic heterocycles. The Morgan fingerprint density at radius 2 is 1.71 bits per heavy atom. The highest BCUT2D eigenvalue weighted by molar-refractivity contribution is 5.83. The molecule has 0 fully saturated rings. The molecule has 3 aromatic rings. The molecule has 0 aliphatic carbocycles. The lowest BCUT2D eigenvalue weighted by molar-refractivity contribution is -0.123. The molecule has 0 aromatic heterocycles. The fourth-order valence-electron chi connectivity index (χ4n) is 2.80. The maximum atomic E-state index is 11.9.